The molecule has 0 radical (unpaired) electrons. The Balaban J connectivity index is 3.81. The van der Waals surface area contributed by atoms with Gasteiger partial charge in [-0.25, -0.2) is 9.59 Å². The highest BCUT2D eigenvalue weighted by Gasteiger charge is 2.16. The predicted octanol–water partition coefficient (Wildman–Crippen LogP) is 0.915. The molecule has 92 valence electrons. The highest BCUT2D eigenvalue weighted by atomic mass is 32.2. The maximum Gasteiger partial charge on any atom is 0.356 e. The number of hydrogen-bond acceptors (Lipinski definition) is 4. The summed E-state index contributed by atoms with van der Waals surface area (Å²) in [7, 11) is 0.0252. The fourth-order valence-corrected chi connectivity index (χ4v) is 1.36. The molecule has 0 heterocycles. The summed E-state index contributed by atoms with van der Waals surface area (Å²) in [6.07, 6.45) is 3.49. The van der Waals surface area contributed by atoms with Crippen molar-refractivity contribution in [1.29, 1.82) is 0 Å². The molecule has 0 aromatic carbocycles. The van der Waals surface area contributed by atoms with Crippen LogP contribution in [0, 0.1) is 0 Å². The minimum Gasteiger partial charge on any atom is -0.458 e. The summed E-state index contributed by atoms with van der Waals surface area (Å²) in [4.78, 5) is 22.3. The van der Waals surface area contributed by atoms with Crippen molar-refractivity contribution in [3.05, 3.63) is 12.2 Å². The van der Waals surface area contributed by atoms with Gasteiger partial charge >= 0.3 is 11.9 Å². The molecule has 0 aliphatic rings. The lowest BCUT2D eigenvalue weighted by molar-refractivity contribution is -0.153. The molecule has 16 heavy (non-hydrogen) atoms. The molecular formula is C11H19O4S+. The summed E-state index contributed by atoms with van der Waals surface area (Å²) in [5, 5.41) is 0. The van der Waals surface area contributed by atoms with E-state index in [4.69, 9.17) is 9.47 Å². The summed E-state index contributed by atoms with van der Waals surface area (Å²) in [5.74, 6) is -0.318. The van der Waals surface area contributed by atoms with Gasteiger partial charge in [-0.15, -0.1) is 0 Å². The van der Waals surface area contributed by atoms with Gasteiger partial charge < -0.3 is 9.47 Å². The topological polar surface area (TPSA) is 52.6 Å². The van der Waals surface area contributed by atoms with Crippen LogP contribution in [0.5, 0.6) is 0 Å². The number of hydrogen-bond donors (Lipinski definition) is 0. The molecule has 0 aliphatic heterocycles. The largest absolute Gasteiger partial charge is 0.458 e. The smallest absolute Gasteiger partial charge is 0.356 e. The van der Waals surface area contributed by atoms with Gasteiger partial charge in [-0.1, -0.05) is 6.58 Å². The minimum absolute atomic E-state index is 0.0252. The lowest BCUT2D eigenvalue weighted by Gasteiger charge is -2.12. The maximum absolute atomic E-state index is 11.2. The first-order valence-corrected chi connectivity index (χ1v) is 7.10. The molecule has 0 rings (SSSR count). The van der Waals surface area contributed by atoms with E-state index >= 15 is 0 Å². The molecule has 4 nitrogen and oxygen atoms in total. The lowest BCUT2D eigenvalue weighted by Crippen LogP contribution is -2.25. The summed E-state index contributed by atoms with van der Waals surface area (Å²) >= 11 is 0. The van der Waals surface area contributed by atoms with Crippen LogP contribution in [-0.2, 0) is 30.0 Å². The van der Waals surface area contributed by atoms with E-state index in [0.717, 1.165) is 0 Å². The van der Waals surface area contributed by atoms with Crippen molar-refractivity contribution in [2.45, 2.75) is 20.0 Å². The molecule has 0 aliphatic carbocycles. The Bertz CT molecular complexity index is 273. The van der Waals surface area contributed by atoms with Crippen LogP contribution in [0.3, 0.4) is 0 Å². The molecule has 0 saturated carbocycles. The number of carbonyl (C=O) groups is 2. The van der Waals surface area contributed by atoms with Crippen LogP contribution >= 0.6 is 0 Å². The Morgan fingerprint density at radius 1 is 1.38 bits per heavy atom. The molecule has 0 aromatic rings. The molecule has 1 unspecified atom stereocenters. The zero-order chi connectivity index (χ0) is 12.7. The summed E-state index contributed by atoms with van der Waals surface area (Å²) in [6, 6.07) is 0. The molecular weight excluding hydrogens is 228 g/mol. The fraction of sp³-hybridized carbons (Fsp3) is 0.636. The molecule has 1 atom stereocenters. The van der Waals surface area contributed by atoms with Crippen molar-refractivity contribution in [1.82, 2.24) is 0 Å². The average molecular weight is 247 g/mol. The van der Waals surface area contributed by atoms with Crippen molar-refractivity contribution < 1.29 is 19.1 Å². The fourth-order valence-electron chi connectivity index (χ4n) is 0.805. The Hall–Kier alpha value is -0.970. The van der Waals surface area contributed by atoms with E-state index in [1.807, 2.05) is 12.5 Å². The van der Waals surface area contributed by atoms with Crippen LogP contribution in [0.4, 0.5) is 0 Å². The van der Waals surface area contributed by atoms with Crippen molar-refractivity contribution in [2.75, 3.05) is 24.9 Å². The molecule has 0 aromatic heterocycles. The van der Waals surface area contributed by atoms with E-state index < -0.39 is 12.1 Å². The van der Waals surface area contributed by atoms with Crippen LogP contribution < -0.4 is 0 Å². The normalized spacial score (nSPS) is 12.1. The number of rotatable bonds is 6. The van der Waals surface area contributed by atoms with Gasteiger partial charge in [-0.2, -0.15) is 0 Å². The third-order valence-corrected chi connectivity index (χ3v) is 2.36. The third-order valence-electron chi connectivity index (χ3n) is 1.54. The van der Waals surface area contributed by atoms with Crippen LogP contribution in [0.2, 0.25) is 0 Å². The van der Waals surface area contributed by atoms with Crippen LogP contribution in [0.15, 0.2) is 12.2 Å². The molecule has 0 spiro atoms. The third kappa shape index (κ3) is 7.34. The zero-order valence-electron chi connectivity index (χ0n) is 10.2. The lowest BCUT2D eigenvalue weighted by atomic mass is 10.3. The van der Waals surface area contributed by atoms with Gasteiger partial charge in [-0.05, 0) is 24.7 Å². The van der Waals surface area contributed by atoms with E-state index in [9.17, 15) is 9.59 Å². The van der Waals surface area contributed by atoms with Gasteiger partial charge in [0.2, 0.25) is 5.75 Å². The van der Waals surface area contributed by atoms with Gasteiger partial charge in [-0.3, -0.25) is 0 Å². The Morgan fingerprint density at radius 3 is 2.38 bits per heavy atom. The molecule has 0 amide bonds. The van der Waals surface area contributed by atoms with E-state index in [2.05, 4.69) is 6.58 Å². The van der Waals surface area contributed by atoms with Gasteiger partial charge in [0.15, 0.2) is 0 Å². The quantitative estimate of drug-likeness (QED) is 0.398. The van der Waals surface area contributed by atoms with Gasteiger partial charge in [0, 0.05) is 5.57 Å². The second kappa shape index (κ2) is 7.33. The van der Waals surface area contributed by atoms with E-state index in [1.165, 1.54) is 0 Å². The second-order valence-electron chi connectivity index (χ2n) is 3.81. The number of esters is 2. The first-order valence-electron chi connectivity index (χ1n) is 4.89. The average Bonchev–Trinajstić information content (AvgIpc) is 2.13. The highest BCUT2D eigenvalue weighted by Crippen LogP contribution is 1.99. The van der Waals surface area contributed by atoms with Gasteiger partial charge in [0.25, 0.3) is 0 Å². The van der Waals surface area contributed by atoms with Crippen molar-refractivity contribution >= 4 is 22.8 Å². The van der Waals surface area contributed by atoms with E-state index in [0.29, 0.717) is 11.3 Å². The Morgan fingerprint density at radius 2 is 1.94 bits per heavy atom. The Kier molecular flexibility index (Phi) is 6.88. The van der Waals surface area contributed by atoms with E-state index in [1.54, 1.807) is 13.8 Å². The first kappa shape index (κ1) is 15.0. The SMILES string of the molecule is C=C(C)C(=O)OC(C)COC(=O)C[S+](C)C. The molecule has 0 fully saturated rings. The first-order chi connectivity index (χ1) is 7.32. The van der Waals surface area contributed by atoms with E-state index in [-0.39, 0.29) is 23.5 Å². The Labute approximate surface area is 99.3 Å². The van der Waals surface area contributed by atoms with Crippen molar-refractivity contribution in [3.63, 3.8) is 0 Å². The summed E-state index contributed by atoms with van der Waals surface area (Å²) in [5.41, 5.74) is 0.335. The van der Waals surface area contributed by atoms with Crippen molar-refractivity contribution in [2.24, 2.45) is 0 Å². The van der Waals surface area contributed by atoms with Crippen LogP contribution in [-0.4, -0.2) is 42.9 Å². The number of carbonyl (C=O) groups excluding carboxylic acids is 2. The maximum atomic E-state index is 11.2. The van der Waals surface area contributed by atoms with Crippen LogP contribution in [0.1, 0.15) is 13.8 Å². The highest BCUT2D eigenvalue weighted by molar-refractivity contribution is 7.96. The minimum atomic E-state index is -0.464. The second-order valence-corrected chi connectivity index (χ2v) is 6.07. The molecule has 0 saturated heterocycles. The predicted molar refractivity (Wildman–Crippen MR) is 65.4 cm³/mol. The van der Waals surface area contributed by atoms with Gasteiger partial charge in [0.05, 0.1) is 12.5 Å². The monoisotopic (exact) mass is 247 g/mol. The zero-order valence-corrected chi connectivity index (χ0v) is 11.1. The number of ether oxygens (including phenoxy) is 2. The molecule has 5 heteroatoms. The van der Waals surface area contributed by atoms with Gasteiger partial charge in [0.1, 0.15) is 12.7 Å². The standard InChI is InChI=1S/C11H19O4S/c1-8(2)11(13)15-9(3)6-14-10(12)7-16(4)5/h9H,1,6-7H2,2-5H3/q+1. The molecule has 0 bridgehead atoms. The van der Waals surface area contributed by atoms with Crippen molar-refractivity contribution in [3.8, 4) is 0 Å². The summed E-state index contributed by atoms with van der Waals surface area (Å²) < 4.78 is 9.91. The molecule has 0 N–H and O–H groups in total. The summed E-state index contributed by atoms with van der Waals surface area (Å²) in [6.45, 7) is 6.80. The van der Waals surface area contributed by atoms with Crippen LogP contribution in [0.25, 0.3) is 0 Å².